The van der Waals surface area contributed by atoms with Gasteiger partial charge in [0, 0.05) is 13.8 Å². The Bertz CT molecular complexity index is 366. The van der Waals surface area contributed by atoms with E-state index in [9.17, 15) is 14.4 Å². The average molecular weight is 313 g/mol. The minimum atomic E-state index is -0.349. The highest BCUT2D eigenvalue weighted by Gasteiger charge is 1.96. The lowest BCUT2D eigenvalue weighted by Crippen LogP contribution is -2.25. The van der Waals surface area contributed by atoms with Crippen molar-refractivity contribution in [3.63, 3.8) is 0 Å². The fraction of sp³-hybridized carbons (Fsp3) is 0.688. The van der Waals surface area contributed by atoms with E-state index in [2.05, 4.69) is 5.32 Å². The van der Waals surface area contributed by atoms with Gasteiger partial charge in [-0.1, -0.05) is 25.3 Å². The number of carbonyl (C=O) groups is 3. The zero-order chi connectivity index (χ0) is 16.6. The van der Waals surface area contributed by atoms with E-state index in [0.717, 1.165) is 38.5 Å². The van der Waals surface area contributed by atoms with Crippen LogP contribution in [-0.4, -0.2) is 37.6 Å². The van der Waals surface area contributed by atoms with E-state index in [1.807, 2.05) is 6.08 Å². The van der Waals surface area contributed by atoms with Crippen LogP contribution in [0.3, 0.4) is 0 Å². The Morgan fingerprint density at radius 1 is 0.864 bits per heavy atom. The molecule has 0 aromatic rings. The molecular formula is C16H27NO5. The van der Waals surface area contributed by atoms with Crippen LogP contribution >= 0.6 is 0 Å². The molecule has 0 unspecified atom stereocenters. The fourth-order valence-electron chi connectivity index (χ4n) is 1.73. The Labute approximate surface area is 132 Å². The average Bonchev–Trinajstić information content (AvgIpc) is 2.45. The predicted octanol–water partition coefficient (Wildman–Crippen LogP) is 2.13. The smallest absolute Gasteiger partial charge is 0.302 e. The first-order valence-electron chi connectivity index (χ1n) is 7.73. The number of esters is 2. The predicted molar refractivity (Wildman–Crippen MR) is 83.1 cm³/mol. The number of hydrogen-bond donors (Lipinski definition) is 1. The third kappa shape index (κ3) is 16.2. The maximum absolute atomic E-state index is 11.4. The van der Waals surface area contributed by atoms with Gasteiger partial charge < -0.3 is 14.8 Å². The molecule has 0 spiro atoms. The SMILES string of the molecule is CC(=O)OCCCCCCC/C=C/C(=O)NCCOC(C)=O. The van der Waals surface area contributed by atoms with Crippen LogP contribution in [0.2, 0.25) is 0 Å². The number of allylic oxidation sites excluding steroid dienone is 1. The van der Waals surface area contributed by atoms with Gasteiger partial charge in [0.2, 0.25) is 5.91 Å². The second kappa shape index (κ2) is 14.1. The minimum Gasteiger partial charge on any atom is -0.466 e. The summed E-state index contributed by atoms with van der Waals surface area (Å²) < 4.78 is 9.54. The number of unbranched alkanes of at least 4 members (excludes halogenated alkanes) is 5. The number of ether oxygens (including phenoxy) is 2. The maximum Gasteiger partial charge on any atom is 0.302 e. The van der Waals surface area contributed by atoms with E-state index in [1.165, 1.54) is 19.9 Å². The van der Waals surface area contributed by atoms with Gasteiger partial charge in [0.25, 0.3) is 0 Å². The first-order chi connectivity index (χ1) is 10.5. The van der Waals surface area contributed by atoms with Crippen LogP contribution in [0.4, 0.5) is 0 Å². The molecule has 0 saturated carbocycles. The Morgan fingerprint density at radius 3 is 2.14 bits per heavy atom. The van der Waals surface area contributed by atoms with Crippen LogP contribution < -0.4 is 5.32 Å². The minimum absolute atomic E-state index is 0.173. The Morgan fingerprint density at radius 2 is 1.45 bits per heavy atom. The number of nitrogens with one attached hydrogen (secondary N) is 1. The van der Waals surface area contributed by atoms with Crippen molar-refractivity contribution in [1.29, 1.82) is 0 Å². The van der Waals surface area contributed by atoms with Crippen molar-refractivity contribution < 1.29 is 23.9 Å². The van der Waals surface area contributed by atoms with Gasteiger partial charge in [0.05, 0.1) is 13.2 Å². The zero-order valence-electron chi connectivity index (χ0n) is 13.6. The van der Waals surface area contributed by atoms with Crippen LogP contribution in [0.5, 0.6) is 0 Å². The number of carbonyl (C=O) groups excluding carboxylic acids is 3. The first-order valence-corrected chi connectivity index (χ1v) is 7.73. The van der Waals surface area contributed by atoms with Crippen molar-refractivity contribution in [3.8, 4) is 0 Å². The molecule has 0 radical (unpaired) electrons. The molecule has 126 valence electrons. The second-order valence-electron chi connectivity index (χ2n) is 4.93. The molecule has 6 heteroatoms. The lowest BCUT2D eigenvalue weighted by atomic mass is 10.1. The molecule has 22 heavy (non-hydrogen) atoms. The molecular weight excluding hydrogens is 286 g/mol. The summed E-state index contributed by atoms with van der Waals surface area (Å²) in [6, 6.07) is 0. The third-order valence-corrected chi connectivity index (χ3v) is 2.80. The molecule has 0 saturated heterocycles. The maximum atomic E-state index is 11.4. The largest absolute Gasteiger partial charge is 0.466 e. The van der Waals surface area contributed by atoms with E-state index in [-0.39, 0.29) is 24.5 Å². The lowest BCUT2D eigenvalue weighted by molar-refractivity contribution is -0.141. The van der Waals surface area contributed by atoms with Crippen LogP contribution in [0, 0.1) is 0 Å². The molecule has 0 bridgehead atoms. The van der Waals surface area contributed by atoms with Crippen LogP contribution in [0.25, 0.3) is 0 Å². The number of amides is 1. The molecule has 1 N–H and O–H groups in total. The Kier molecular flexibility index (Phi) is 12.9. The highest BCUT2D eigenvalue weighted by atomic mass is 16.5. The molecule has 0 aliphatic carbocycles. The van der Waals surface area contributed by atoms with Gasteiger partial charge in [-0.2, -0.15) is 0 Å². The quantitative estimate of drug-likeness (QED) is 0.339. The van der Waals surface area contributed by atoms with Crippen LogP contribution in [0.15, 0.2) is 12.2 Å². The summed E-state index contributed by atoms with van der Waals surface area (Å²) in [5.74, 6) is -0.748. The summed E-state index contributed by atoms with van der Waals surface area (Å²) >= 11 is 0. The van der Waals surface area contributed by atoms with E-state index >= 15 is 0 Å². The van der Waals surface area contributed by atoms with Gasteiger partial charge in [-0.05, 0) is 25.3 Å². The van der Waals surface area contributed by atoms with Crippen molar-refractivity contribution in [2.24, 2.45) is 0 Å². The third-order valence-electron chi connectivity index (χ3n) is 2.80. The molecule has 0 atom stereocenters. The summed E-state index contributed by atoms with van der Waals surface area (Å²) in [7, 11) is 0. The van der Waals surface area contributed by atoms with Crippen molar-refractivity contribution in [3.05, 3.63) is 12.2 Å². The molecule has 6 nitrogen and oxygen atoms in total. The first kappa shape index (κ1) is 20.1. The van der Waals surface area contributed by atoms with Gasteiger partial charge in [-0.3, -0.25) is 14.4 Å². The molecule has 0 aliphatic heterocycles. The summed E-state index contributed by atoms with van der Waals surface area (Å²) in [5, 5.41) is 2.63. The van der Waals surface area contributed by atoms with E-state index in [0.29, 0.717) is 13.2 Å². The van der Waals surface area contributed by atoms with E-state index < -0.39 is 0 Å². The van der Waals surface area contributed by atoms with Crippen LogP contribution in [-0.2, 0) is 23.9 Å². The summed E-state index contributed by atoms with van der Waals surface area (Å²) in [6.07, 6.45) is 9.40. The van der Waals surface area contributed by atoms with Crippen molar-refractivity contribution in [1.82, 2.24) is 5.32 Å². The highest BCUT2D eigenvalue weighted by Crippen LogP contribution is 2.06. The molecule has 0 aliphatic rings. The van der Waals surface area contributed by atoms with Crippen molar-refractivity contribution >= 4 is 17.8 Å². The molecule has 0 rings (SSSR count). The molecule has 1 amide bonds. The van der Waals surface area contributed by atoms with E-state index in [4.69, 9.17) is 9.47 Å². The van der Waals surface area contributed by atoms with Gasteiger partial charge >= 0.3 is 11.9 Å². The standard InChI is InChI=1S/C16H27NO5/c1-14(18)21-12-9-7-5-3-4-6-8-10-16(20)17-11-13-22-15(2)19/h8,10H,3-7,9,11-13H2,1-2H3,(H,17,20)/b10-8+. The summed E-state index contributed by atoms with van der Waals surface area (Å²) in [4.78, 5) is 32.4. The van der Waals surface area contributed by atoms with Gasteiger partial charge in [0.15, 0.2) is 0 Å². The fourth-order valence-corrected chi connectivity index (χ4v) is 1.73. The Hall–Kier alpha value is -1.85. The normalized spacial score (nSPS) is 10.5. The second-order valence-corrected chi connectivity index (χ2v) is 4.93. The monoisotopic (exact) mass is 313 g/mol. The molecule has 0 fully saturated rings. The van der Waals surface area contributed by atoms with Gasteiger partial charge in [0.1, 0.15) is 6.61 Å². The zero-order valence-corrected chi connectivity index (χ0v) is 13.6. The molecule has 0 aromatic carbocycles. The molecule has 0 aromatic heterocycles. The number of hydrogen-bond acceptors (Lipinski definition) is 5. The van der Waals surface area contributed by atoms with E-state index in [1.54, 1.807) is 0 Å². The van der Waals surface area contributed by atoms with Crippen molar-refractivity contribution in [2.45, 2.75) is 52.4 Å². The van der Waals surface area contributed by atoms with Gasteiger partial charge in [-0.25, -0.2) is 0 Å². The molecule has 0 heterocycles. The topological polar surface area (TPSA) is 81.7 Å². The lowest BCUT2D eigenvalue weighted by Gasteiger charge is -2.02. The van der Waals surface area contributed by atoms with Gasteiger partial charge in [-0.15, -0.1) is 0 Å². The number of rotatable bonds is 12. The highest BCUT2D eigenvalue weighted by molar-refractivity contribution is 5.87. The van der Waals surface area contributed by atoms with Crippen LogP contribution in [0.1, 0.15) is 52.4 Å². The summed E-state index contributed by atoms with van der Waals surface area (Å²) in [6.45, 7) is 3.77. The Balaban J connectivity index is 3.33. The summed E-state index contributed by atoms with van der Waals surface area (Å²) in [5.41, 5.74) is 0. The van der Waals surface area contributed by atoms with Crippen molar-refractivity contribution in [2.75, 3.05) is 19.8 Å².